The molecule has 96 valence electrons. The lowest BCUT2D eigenvalue weighted by Crippen LogP contribution is -1.86. The van der Waals surface area contributed by atoms with Crippen molar-refractivity contribution in [1.82, 2.24) is 9.38 Å². The summed E-state index contributed by atoms with van der Waals surface area (Å²) >= 11 is 5.30. The zero-order valence-corrected chi connectivity index (χ0v) is 11.3. The van der Waals surface area contributed by atoms with Crippen molar-refractivity contribution in [2.75, 3.05) is 0 Å². The zero-order chi connectivity index (χ0) is 13.5. The van der Waals surface area contributed by atoms with Crippen LogP contribution in [0.3, 0.4) is 0 Å². The Balaban J connectivity index is 2.11. The highest BCUT2D eigenvalue weighted by Crippen LogP contribution is 2.24. The maximum atomic E-state index is 5.66. The molecule has 2 aromatic carbocycles. The standard InChI is InChI=1S/C16H10N2OS/c20-16-18-10-13(11-6-2-1-3-7-11)17-15(18)12-8-4-5-9-14(12)19-16/h1-10H. The zero-order valence-electron chi connectivity index (χ0n) is 10.5. The van der Waals surface area contributed by atoms with Gasteiger partial charge in [-0.15, -0.1) is 0 Å². The van der Waals surface area contributed by atoms with E-state index >= 15 is 0 Å². The second-order valence-corrected chi connectivity index (χ2v) is 4.90. The van der Waals surface area contributed by atoms with E-state index in [9.17, 15) is 0 Å². The van der Waals surface area contributed by atoms with Gasteiger partial charge in [0, 0.05) is 11.8 Å². The normalized spacial score (nSPS) is 11.2. The number of fused-ring (bicyclic) bond motifs is 3. The van der Waals surface area contributed by atoms with E-state index < -0.39 is 0 Å². The average molecular weight is 278 g/mol. The highest BCUT2D eigenvalue weighted by atomic mass is 32.1. The number of imidazole rings is 1. The quantitative estimate of drug-likeness (QED) is 0.481. The summed E-state index contributed by atoms with van der Waals surface area (Å²) in [6, 6.07) is 17.8. The van der Waals surface area contributed by atoms with Gasteiger partial charge in [-0.3, -0.25) is 4.40 Å². The van der Waals surface area contributed by atoms with E-state index in [1.807, 2.05) is 65.2 Å². The van der Waals surface area contributed by atoms with Crippen molar-refractivity contribution in [1.29, 1.82) is 0 Å². The molecule has 2 heterocycles. The van der Waals surface area contributed by atoms with Gasteiger partial charge in [-0.1, -0.05) is 42.5 Å². The maximum Gasteiger partial charge on any atom is 0.274 e. The van der Waals surface area contributed by atoms with Crippen LogP contribution in [-0.4, -0.2) is 9.38 Å². The SMILES string of the molecule is S=c1oc2ccccc2c2nc(-c3ccccc3)cn12. The molecule has 2 aromatic heterocycles. The fourth-order valence-electron chi connectivity index (χ4n) is 2.34. The molecular weight excluding hydrogens is 268 g/mol. The molecule has 4 aromatic rings. The summed E-state index contributed by atoms with van der Waals surface area (Å²) in [6.07, 6.45) is 1.92. The molecule has 3 nitrogen and oxygen atoms in total. The molecule has 0 N–H and O–H groups in total. The minimum absolute atomic E-state index is 0.411. The second kappa shape index (κ2) is 4.28. The van der Waals surface area contributed by atoms with Crippen molar-refractivity contribution >= 4 is 28.8 Å². The Morgan fingerprint density at radius 3 is 2.55 bits per heavy atom. The number of hydrogen-bond acceptors (Lipinski definition) is 3. The number of para-hydroxylation sites is 1. The maximum absolute atomic E-state index is 5.66. The molecule has 0 fully saturated rings. The molecule has 0 amide bonds. The second-order valence-electron chi connectivity index (χ2n) is 4.55. The Kier molecular flexibility index (Phi) is 2.44. The third-order valence-corrected chi connectivity index (χ3v) is 3.58. The van der Waals surface area contributed by atoms with Crippen molar-refractivity contribution in [2.45, 2.75) is 0 Å². The number of aromatic nitrogens is 2. The lowest BCUT2D eigenvalue weighted by molar-refractivity contribution is 0.551. The molecule has 0 saturated heterocycles. The Morgan fingerprint density at radius 2 is 1.70 bits per heavy atom. The first kappa shape index (κ1) is 11.4. The molecule has 0 aliphatic heterocycles. The molecular formula is C16H10N2OS. The molecule has 0 atom stereocenters. The summed E-state index contributed by atoms with van der Waals surface area (Å²) in [6.45, 7) is 0. The first-order valence-corrected chi connectivity index (χ1v) is 6.70. The van der Waals surface area contributed by atoms with E-state index in [1.165, 1.54) is 0 Å². The number of hydrogen-bond donors (Lipinski definition) is 0. The molecule has 0 bridgehead atoms. The van der Waals surface area contributed by atoms with Gasteiger partial charge in [-0.2, -0.15) is 0 Å². The number of benzene rings is 2. The molecule has 0 spiro atoms. The first-order valence-electron chi connectivity index (χ1n) is 6.29. The van der Waals surface area contributed by atoms with Crippen molar-refractivity contribution in [3.63, 3.8) is 0 Å². The van der Waals surface area contributed by atoms with Crippen LogP contribution in [0.1, 0.15) is 0 Å². The van der Waals surface area contributed by atoms with Gasteiger partial charge in [0.25, 0.3) is 4.84 Å². The summed E-state index contributed by atoms with van der Waals surface area (Å²) in [5, 5.41) is 0.961. The summed E-state index contributed by atoms with van der Waals surface area (Å²) in [5.74, 6) is 0. The number of rotatable bonds is 1. The van der Waals surface area contributed by atoms with Crippen molar-refractivity contribution < 1.29 is 4.42 Å². The molecule has 20 heavy (non-hydrogen) atoms. The molecule has 0 unspecified atom stereocenters. The topological polar surface area (TPSA) is 30.4 Å². The van der Waals surface area contributed by atoms with Crippen molar-refractivity contribution in [2.24, 2.45) is 0 Å². The predicted octanol–water partition coefficient (Wildman–Crippen LogP) is 4.48. The van der Waals surface area contributed by atoms with Crippen molar-refractivity contribution in [3.05, 3.63) is 65.6 Å². The van der Waals surface area contributed by atoms with Crippen LogP contribution in [0.5, 0.6) is 0 Å². The summed E-state index contributed by atoms with van der Waals surface area (Å²) in [7, 11) is 0. The van der Waals surface area contributed by atoms with E-state index in [1.54, 1.807) is 0 Å². The molecule has 4 rings (SSSR count). The van der Waals surface area contributed by atoms with Crippen LogP contribution in [0.4, 0.5) is 0 Å². The lowest BCUT2D eigenvalue weighted by Gasteiger charge is -1.98. The van der Waals surface area contributed by atoms with Gasteiger partial charge in [-0.25, -0.2) is 4.98 Å². The molecule has 0 saturated carbocycles. The van der Waals surface area contributed by atoms with E-state index in [2.05, 4.69) is 0 Å². The first-order chi connectivity index (χ1) is 9.83. The van der Waals surface area contributed by atoms with Crippen LogP contribution < -0.4 is 0 Å². The average Bonchev–Trinajstić information content (AvgIpc) is 2.94. The smallest absolute Gasteiger partial charge is 0.274 e. The largest absolute Gasteiger partial charge is 0.430 e. The van der Waals surface area contributed by atoms with Gasteiger partial charge in [-0.05, 0) is 24.4 Å². The molecule has 4 heteroatoms. The van der Waals surface area contributed by atoms with Crippen LogP contribution in [0, 0.1) is 4.84 Å². The Hall–Kier alpha value is -2.46. The Bertz CT molecular complexity index is 970. The van der Waals surface area contributed by atoms with Crippen LogP contribution in [-0.2, 0) is 0 Å². The van der Waals surface area contributed by atoms with Gasteiger partial charge in [0.2, 0.25) is 0 Å². The van der Waals surface area contributed by atoms with Crippen molar-refractivity contribution in [3.8, 4) is 11.3 Å². The highest BCUT2D eigenvalue weighted by molar-refractivity contribution is 7.71. The predicted molar refractivity (Wildman–Crippen MR) is 81.2 cm³/mol. The molecule has 0 radical (unpaired) electrons. The van der Waals surface area contributed by atoms with E-state index in [-0.39, 0.29) is 0 Å². The van der Waals surface area contributed by atoms with Crippen LogP contribution >= 0.6 is 12.2 Å². The lowest BCUT2D eigenvalue weighted by atomic mass is 10.2. The summed E-state index contributed by atoms with van der Waals surface area (Å²) in [4.78, 5) is 5.12. The van der Waals surface area contributed by atoms with E-state index in [4.69, 9.17) is 21.6 Å². The number of nitrogens with zero attached hydrogens (tertiary/aromatic N) is 2. The van der Waals surface area contributed by atoms with E-state index in [0.717, 1.165) is 27.9 Å². The molecule has 0 aliphatic carbocycles. The van der Waals surface area contributed by atoms with Gasteiger partial charge in [0.15, 0.2) is 5.65 Å². The van der Waals surface area contributed by atoms with Gasteiger partial charge >= 0.3 is 0 Å². The highest BCUT2D eigenvalue weighted by Gasteiger charge is 2.09. The third-order valence-electron chi connectivity index (χ3n) is 3.30. The fraction of sp³-hybridized carbons (Fsp3) is 0. The minimum Gasteiger partial charge on any atom is -0.430 e. The summed E-state index contributed by atoms with van der Waals surface area (Å²) < 4.78 is 7.48. The Morgan fingerprint density at radius 1 is 0.950 bits per heavy atom. The van der Waals surface area contributed by atoms with E-state index in [0.29, 0.717) is 4.84 Å². The van der Waals surface area contributed by atoms with Gasteiger partial charge < -0.3 is 4.42 Å². The minimum atomic E-state index is 0.411. The van der Waals surface area contributed by atoms with Gasteiger partial charge in [0.05, 0.1) is 11.1 Å². The van der Waals surface area contributed by atoms with Crippen LogP contribution in [0.15, 0.2) is 65.2 Å². The van der Waals surface area contributed by atoms with Crippen LogP contribution in [0.25, 0.3) is 27.9 Å². The fourth-order valence-corrected chi connectivity index (χ4v) is 2.57. The van der Waals surface area contributed by atoms with Gasteiger partial charge in [0.1, 0.15) is 5.58 Å². The third kappa shape index (κ3) is 1.66. The summed E-state index contributed by atoms with van der Waals surface area (Å²) in [5.41, 5.74) is 3.55. The van der Waals surface area contributed by atoms with Crippen LogP contribution in [0.2, 0.25) is 0 Å². The monoisotopic (exact) mass is 278 g/mol. The molecule has 0 aliphatic rings. The Labute approximate surface area is 120 Å².